The van der Waals surface area contributed by atoms with Gasteiger partial charge in [0.1, 0.15) is 5.82 Å². The second-order valence-corrected chi connectivity index (χ2v) is 5.44. The minimum atomic E-state index is -0.355. The van der Waals surface area contributed by atoms with E-state index in [0.717, 1.165) is 10.9 Å². The first-order valence-corrected chi connectivity index (χ1v) is 7.39. The summed E-state index contributed by atoms with van der Waals surface area (Å²) >= 11 is 3.27. The largest absolute Gasteiger partial charge is 0.352 e. The van der Waals surface area contributed by atoms with Crippen molar-refractivity contribution in [3.05, 3.63) is 76.0 Å². The second-order valence-electron chi connectivity index (χ2n) is 4.53. The van der Waals surface area contributed by atoms with Crippen molar-refractivity contribution in [3.8, 4) is 0 Å². The lowest BCUT2D eigenvalue weighted by Crippen LogP contribution is -2.23. The molecule has 2 aromatic carbocycles. The third-order valence-corrected chi connectivity index (χ3v) is 3.42. The van der Waals surface area contributed by atoms with Crippen LogP contribution in [0.25, 0.3) is 6.08 Å². The Morgan fingerprint density at radius 3 is 2.71 bits per heavy atom. The predicted octanol–water partition coefficient (Wildman–Crippen LogP) is 3.96. The van der Waals surface area contributed by atoms with E-state index in [1.165, 1.54) is 23.8 Å². The molecule has 0 radical (unpaired) electrons. The van der Waals surface area contributed by atoms with Crippen molar-refractivity contribution in [1.29, 1.82) is 0 Å². The summed E-state index contributed by atoms with van der Waals surface area (Å²) in [6.07, 6.45) is 3.58. The summed E-state index contributed by atoms with van der Waals surface area (Å²) in [5.41, 5.74) is 1.54. The minimum Gasteiger partial charge on any atom is -0.352 e. The summed E-state index contributed by atoms with van der Waals surface area (Å²) in [5, 5.41) is 2.78. The fraction of sp³-hybridized carbons (Fsp3) is 0.118. The average molecular weight is 348 g/mol. The fourth-order valence-corrected chi connectivity index (χ4v) is 2.22. The Kier molecular flexibility index (Phi) is 5.69. The van der Waals surface area contributed by atoms with E-state index in [1.54, 1.807) is 12.1 Å². The summed E-state index contributed by atoms with van der Waals surface area (Å²) in [5.74, 6) is -0.586. The molecule has 21 heavy (non-hydrogen) atoms. The topological polar surface area (TPSA) is 29.1 Å². The van der Waals surface area contributed by atoms with Crippen LogP contribution < -0.4 is 5.32 Å². The van der Waals surface area contributed by atoms with E-state index in [1.807, 2.05) is 30.3 Å². The molecule has 2 nitrogen and oxygen atoms in total. The maximum absolute atomic E-state index is 13.5. The van der Waals surface area contributed by atoms with Crippen LogP contribution >= 0.6 is 15.9 Å². The van der Waals surface area contributed by atoms with Gasteiger partial charge >= 0.3 is 0 Å². The molecule has 0 atom stereocenters. The Labute approximate surface area is 131 Å². The van der Waals surface area contributed by atoms with Crippen molar-refractivity contribution in [3.63, 3.8) is 0 Å². The Morgan fingerprint density at radius 2 is 1.95 bits per heavy atom. The number of halogens is 2. The van der Waals surface area contributed by atoms with Gasteiger partial charge in [0.15, 0.2) is 0 Å². The minimum absolute atomic E-state index is 0.231. The molecule has 0 saturated carbocycles. The zero-order valence-electron chi connectivity index (χ0n) is 11.4. The van der Waals surface area contributed by atoms with Crippen molar-refractivity contribution in [2.45, 2.75) is 6.42 Å². The molecule has 1 N–H and O–H groups in total. The fourth-order valence-electron chi connectivity index (χ4n) is 1.84. The van der Waals surface area contributed by atoms with Gasteiger partial charge in [-0.3, -0.25) is 4.79 Å². The second kappa shape index (κ2) is 7.74. The van der Waals surface area contributed by atoms with E-state index < -0.39 is 0 Å². The SMILES string of the molecule is O=C(/C=C/c1cc(Br)ccc1F)NCCc1ccccc1. The average Bonchev–Trinajstić information content (AvgIpc) is 2.49. The van der Waals surface area contributed by atoms with Gasteiger partial charge in [-0.1, -0.05) is 46.3 Å². The van der Waals surface area contributed by atoms with Crippen LogP contribution in [0.5, 0.6) is 0 Å². The van der Waals surface area contributed by atoms with E-state index >= 15 is 0 Å². The Bertz CT molecular complexity index is 640. The summed E-state index contributed by atoms with van der Waals surface area (Å²) in [4.78, 5) is 11.7. The molecule has 1 amide bonds. The Morgan fingerprint density at radius 1 is 1.19 bits per heavy atom. The van der Waals surface area contributed by atoms with E-state index in [0.29, 0.717) is 12.1 Å². The standard InChI is InChI=1S/C17H15BrFNO/c18-15-7-8-16(19)14(12-15)6-9-17(21)20-11-10-13-4-2-1-3-5-13/h1-9,12H,10-11H2,(H,20,21)/b9-6+. The highest BCUT2D eigenvalue weighted by atomic mass is 79.9. The first kappa shape index (κ1) is 15.4. The van der Waals surface area contributed by atoms with Crippen molar-refractivity contribution in [2.24, 2.45) is 0 Å². The van der Waals surface area contributed by atoms with Crippen LogP contribution in [0.4, 0.5) is 4.39 Å². The maximum Gasteiger partial charge on any atom is 0.244 e. The van der Waals surface area contributed by atoms with E-state index in [9.17, 15) is 9.18 Å². The predicted molar refractivity (Wildman–Crippen MR) is 86.3 cm³/mol. The molecule has 0 unspecified atom stereocenters. The van der Waals surface area contributed by atoms with Crippen LogP contribution in [0.1, 0.15) is 11.1 Å². The van der Waals surface area contributed by atoms with Gasteiger partial charge in [0.25, 0.3) is 0 Å². The number of rotatable bonds is 5. The molecule has 2 rings (SSSR count). The zero-order valence-corrected chi connectivity index (χ0v) is 12.9. The zero-order chi connectivity index (χ0) is 15.1. The molecule has 0 spiro atoms. The van der Waals surface area contributed by atoms with Gasteiger partial charge < -0.3 is 5.32 Å². The normalized spacial score (nSPS) is 10.8. The highest BCUT2D eigenvalue weighted by Crippen LogP contribution is 2.16. The molecule has 0 saturated heterocycles. The van der Waals surface area contributed by atoms with Gasteiger partial charge in [-0.25, -0.2) is 4.39 Å². The molecule has 2 aromatic rings. The number of amides is 1. The van der Waals surface area contributed by atoms with Crippen molar-refractivity contribution < 1.29 is 9.18 Å². The van der Waals surface area contributed by atoms with E-state index in [2.05, 4.69) is 21.2 Å². The van der Waals surface area contributed by atoms with Crippen LogP contribution in [0.3, 0.4) is 0 Å². The number of hydrogen-bond acceptors (Lipinski definition) is 1. The Hall–Kier alpha value is -1.94. The lowest BCUT2D eigenvalue weighted by molar-refractivity contribution is -0.116. The van der Waals surface area contributed by atoms with Gasteiger partial charge in [-0.05, 0) is 36.3 Å². The van der Waals surface area contributed by atoms with Gasteiger partial charge in [0.2, 0.25) is 5.91 Å². The van der Waals surface area contributed by atoms with Crippen LogP contribution in [-0.4, -0.2) is 12.5 Å². The van der Waals surface area contributed by atoms with Crippen LogP contribution in [0, 0.1) is 5.82 Å². The number of carbonyl (C=O) groups is 1. The number of benzene rings is 2. The molecule has 0 fully saturated rings. The molecule has 108 valence electrons. The number of carbonyl (C=O) groups excluding carboxylic acids is 1. The first-order valence-electron chi connectivity index (χ1n) is 6.60. The summed E-state index contributed by atoms with van der Waals surface area (Å²) in [7, 11) is 0. The summed E-state index contributed by atoms with van der Waals surface area (Å²) in [6, 6.07) is 14.5. The molecule has 4 heteroatoms. The van der Waals surface area contributed by atoms with E-state index in [4.69, 9.17) is 0 Å². The monoisotopic (exact) mass is 347 g/mol. The van der Waals surface area contributed by atoms with Gasteiger partial charge in [0, 0.05) is 22.7 Å². The number of hydrogen-bond donors (Lipinski definition) is 1. The smallest absolute Gasteiger partial charge is 0.244 e. The molecule has 0 aliphatic carbocycles. The third-order valence-electron chi connectivity index (χ3n) is 2.93. The summed E-state index contributed by atoms with van der Waals surface area (Å²) in [6.45, 7) is 0.550. The lowest BCUT2D eigenvalue weighted by atomic mass is 10.1. The maximum atomic E-state index is 13.5. The molecular weight excluding hydrogens is 333 g/mol. The van der Waals surface area contributed by atoms with Crippen molar-refractivity contribution >= 4 is 27.9 Å². The third kappa shape index (κ3) is 5.16. The molecule has 0 aliphatic rings. The molecule has 0 heterocycles. The van der Waals surface area contributed by atoms with Crippen molar-refractivity contribution in [2.75, 3.05) is 6.54 Å². The van der Waals surface area contributed by atoms with Crippen LogP contribution in [0.15, 0.2) is 59.1 Å². The first-order chi connectivity index (χ1) is 10.1. The highest BCUT2D eigenvalue weighted by molar-refractivity contribution is 9.10. The molecule has 0 bridgehead atoms. The summed E-state index contributed by atoms with van der Waals surface area (Å²) < 4.78 is 14.3. The van der Waals surface area contributed by atoms with Gasteiger partial charge in [0.05, 0.1) is 0 Å². The molecular formula is C17H15BrFNO. The van der Waals surface area contributed by atoms with Crippen molar-refractivity contribution in [1.82, 2.24) is 5.32 Å². The number of nitrogens with one attached hydrogen (secondary N) is 1. The molecule has 0 aliphatic heterocycles. The Balaban J connectivity index is 1.84. The lowest BCUT2D eigenvalue weighted by Gasteiger charge is -2.02. The van der Waals surface area contributed by atoms with Crippen LogP contribution in [-0.2, 0) is 11.2 Å². The molecule has 0 aromatic heterocycles. The quantitative estimate of drug-likeness (QED) is 0.815. The van der Waals surface area contributed by atoms with Gasteiger partial charge in [-0.15, -0.1) is 0 Å². The van der Waals surface area contributed by atoms with Crippen LogP contribution in [0.2, 0.25) is 0 Å². The van der Waals surface area contributed by atoms with E-state index in [-0.39, 0.29) is 11.7 Å². The highest BCUT2D eigenvalue weighted by Gasteiger charge is 2.00. The van der Waals surface area contributed by atoms with Gasteiger partial charge in [-0.2, -0.15) is 0 Å².